The zero-order valence-electron chi connectivity index (χ0n) is 8.78. The van der Waals surface area contributed by atoms with Crippen molar-refractivity contribution in [2.24, 2.45) is 16.6 Å². The average Bonchev–Trinajstić information content (AvgIpc) is 2.24. The first-order valence-corrected chi connectivity index (χ1v) is 6.44. The van der Waals surface area contributed by atoms with Gasteiger partial charge in [-0.25, -0.2) is 0 Å². The summed E-state index contributed by atoms with van der Waals surface area (Å²) in [6, 6.07) is 0. The number of rotatable bonds is 3. The quantitative estimate of drug-likeness (QED) is 0.697. The topological polar surface area (TPSA) is 80.4 Å². The molecule has 0 spiro atoms. The Bertz CT molecular complexity index is 310. The highest BCUT2D eigenvalue weighted by Gasteiger charge is 2.44. The zero-order valence-corrected chi connectivity index (χ0v) is 9.60. The van der Waals surface area contributed by atoms with Gasteiger partial charge in [0.1, 0.15) is 0 Å². The second-order valence-corrected chi connectivity index (χ2v) is 6.72. The Morgan fingerprint density at radius 1 is 1.36 bits per heavy atom. The van der Waals surface area contributed by atoms with E-state index in [0.29, 0.717) is 6.54 Å². The highest BCUT2D eigenvalue weighted by atomic mass is 32.2. The maximum Gasteiger partial charge on any atom is 0.265 e. The molecule has 1 fully saturated rings. The molecule has 0 heterocycles. The van der Waals surface area contributed by atoms with E-state index in [0.717, 1.165) is 19.3 Å². The smallest absolute Gasteiger partial charge is 0.265 e. The predicted octanol–water partition coefficient (Wildman–Crippen LogP) is 1.03. The lowest BCUT2D eigenvalue weighted by Gasteiger charge is -2.27. The minimum Gasteiger partial charge on any atom is -0.330 e. The van der Waals surface area contributed by atoms with Gasteiger partial charge in [-0.05, 0) is 36.6 Å². The fourth-order valence-electron chi connectivity index (χ4n) is 2.54. The van der Waals surface area contributed by atoms with E-state index in [2.05, 4.69) is 13.8 Å². The van der Waals surface area contributed by atoms with Crippen molar-refractivity contribution in [3.8, 4) is 0 Å². The van der Waals surface area contributed by atoms with Crippen LogP contribution >= 0.6 is 0 Å². The third kappa shape index (κ3) is 2.93. The monoisotopic (exact) mass is 221 g/mol. The predicted molar refractivity (Wildman–Crippen MR) is 55.5 cm³/mol. The SMILES string of the molecule is CC1(C)CCC(CN)(CS(=O)(=O)O)C1. The summed E-state index contributed by atoms with van der Waals surface area (Å²) in [6.45, 7) is 4.54. The molecule has 0 aromatic heterocycles. The summed E-state index contributed by atoms with van der Waals surface area (Å²) in [5.41, 5.74) is 5.36. The van der Waals surface area contributed by atoms with Crippen LogP contribution in [-0.4, -0.2) is 25.3 Å². The minimum atomic E-state index is -3.91. The van der Waals surface area contributed by atoms with Crippen LogP contribution in [-0.2, 0) is 10.1 Å². The van der Waals surface area contributed by atoms with Gasteiger partial charge in [0.2, 0.25) is 0 Å². The second-order valence-electron chi connectivity index (χ2n) is 5.27. The summed E-state index contributed by atoms with van der Waals surface area (Å²) in [5.74, 6) is -0.195. The fourth-order valence-corrected chi connectivity index (χ4v) is 3.68. The molecule has 0 aromatic rings. The lowest BCUT2D eigenvalue weighted by Crippen LogP contribution is -2.35. The Morgan fingerprint density at radius 2 is 1.93 bits per heavy atom. The first-order chi connectivity index (χ1) is 6.18. The van der Waals surface area contributed by atoms with Crippen LogP contribution in [0, 0.1) is 10.8 Å². The maximum atomic E-state index is 10.9. The molecule has 1 aliphatic carbocycles. The first kappa shape index (κ1) is 11.9. The summed E-state index contributed by atoms with van der Waals surface area (Å²) in [7, 11) is -3.91. The van der Waals surface area contributed by atoms with Crippen molar-refractivity contribution < 1.29 is 13.0 Å². The third-order valence-corrected chi connectivity index (χ3v) is 4.08. The standard InChI is InChI=1S/C9H19NO3S/c1-8(2)3-4-9(5-8,6-10)7-14(11,12)13/h3-7,10H2,1-2H3,(H,11,12,13). The zero-order chi connectivity index (χ0) is 11.0. The Morgan fingerprint density at radius 3 is 2.21 bits per heavy atom. The van der Waals surface area contributed by atoms with Crippen LogP contribution in [0.1, 0.15) is 33.1 Å². The molecule has 0 amide bonds. The van der Waals surface area contributed by atoms with Gasteiger partial charge in [-0.1, -0.05) is 13.8 Å². The molecule has 5 heteroatoms. The molecule has 14 heavy (non-hydrogen) atoms. The van der Waals surface area contributed by atoms with Crippen LogP contribution in [0.4, 0.5) is 0 Å². The molecule has 4 nitrogen and oxygen atoms in total. The molecular formula is C9H19NO3S. The van der Waals surface area contributed by atoms with Crippen molar-refractivity contribution in [1.82, 2.24) is 0 Å². The molecule has 0 radical (unpaired) electrons. The second kappa shape index (κ2) is 3.47. The Hall–Kier alpha value is -0.130. The highest BCUT2D eigenvalue weighted by molar-refractivity contribution is 7.85. The summed E-state index contributed by atoms with van der Waals surface area (Å²) in [6.07, 6.45) is 2.53. The van der Waals surface area contributed by atoms with E-state index in [9.17, 15) is 8.42 Å². The van der Waals surface area contributed by atoms with Gasteiger partial charge in [0.05, 0.1) is 5.75 Å². The van der Waals surface area contributed by atoms with E-state index in [4.69, 9.17) is 10.3 Å². The molecule has 0 bridgehead atoms. The number of nitrogens with two attached hydrogens (primary N) is 1. The summed E-state index contributed by atoms with van der Waals surface area (Å²) in [5, 5.41) is 0. The molecule has 1 atom stereocenters. The molecule has 0 saturated heterocycles. The largest absolute Gasteiger partial charge is 0.330 e. The van der Waals surface area contributed by atoms with E-state index in [-0.39, 0.29) is 11.2 Å². The molecule has 0 aromatic carbocycles. The van der Waals surface area contributed by atoms with Crippen molar-refractivity contribution >= 4 is 10.1 Å². The van der Waals surface area contributed by atoms with Gasteiger partial charge in [-0.15, -0.1) is 0 Å². The van der Waals surface area contributed by atoms with Crippen molar-refractivity contribution in [1.29, 1.82) is 0 Å². The van der Waals surface area contributed by atoms with E-state index in [1.54, 1.807) is 0 Å². The van der Waals surface area contributed by atoms with Crippen LogP contribution in [0.5, 0.6) is 0 Å². The lowest BCUT2D eigenvalue weighted by molar-refractivity contribution is 0.284. The summed E-state index contributed by atoms with van der Waals surface area (Å²) in [4.78, 5) is 0. The molecular weight excluding hydrogens is 202 g/mol. The van der Waals surface area contributed by atoms with Gasteiger partial charge in [0, 0.05) is 0 Å². The van der Waals surface area contributed by atoms with Crippen LogP contribution in [0.3, 0.4) is 0 Å². The van der Waals surface area contributed by atoms with Gasteiger partial charge < -0.3 is 5.73 Å². The normalized spacial score (nSPS) is 32.0. The van der Waals surface area contributed by atoms with Gasteiger partial charge >= 0.3 is 0 Å². The molecule has 0 aliphatic heterocycles. The Kier molecular flexibility index (Phi) is 2.96. The van der Waals surface area contributed by atoms with Crippen LogP contribution in [0.25, 0.3) is 0 Å². The minimum absolute atomic E-state index is 0.143. The van der Waals surface area contributed by atoms with Crippen molar-refractivity contribution in [2.45, 2.75) is 33.1 Å². The Balaban J connectivity index is 2.81. The highest BCUT2D eigenvalue weighted by Crippen LogP contribution is 2.49. The molecule has 1 saturated carbocycles. The van der Waals surface area contributed by atoms with Crippen molar-refractivity contribution in [3.63, 3.8) is 0 Å². The van der Waals surface area contributed by atoms with E-state index >= 15 is 0 Å². The summed E-state index contributed by atoms with van der Waals surface area (Å²) >= 11 is 0. The fraction of sp³-hybridized carbons (Fsp3) is 1.00. The average molecular weight is 221 g/mol. The van der Waals surface area contributed by atoms with Crippen LogP contribution in [0.2, 0.25) is 0 Å². The number of hydrogen-bond donors (Lipinski definition) is 2. The first-order valence-electron chi connectivity index (χ1n) is 4.83. The van der Waals surface area contributed by atoms with Crippen molar-refractivity contribution in [2.75, 3.05) is 12.3 Å². The summed E-state index contributed by atoms with van der Waals surface area (Å²) < 4.78 is 30.6. The van der Waals surface area contributed by atoms with E-state index in [1.165, 1.54) is 0 Å². The van der Waals surface area contributed by atoms with Gasteiger partial charge in [0.25, 0.3) is 10.1 Å². The molecule has 1 unspecified atom stereocenters. The van der Waals surface area contributed by atoms with Crippen LogP contribution < -0.4 is 5.73 Å². The Labute approximate surface area is 85.6 Å². The molecule has 1 aliphatic rings. The van der Waals surface area contributed by atoms with Crippen molar-refractivity contribution in [3.05, 3.63) is 0 Å². The van der Waals surface area contributed by atoms with Gasteiger partial charge in [-0.3, -0.25) is 4.55 Å². The maximum absolute atomic E-state index is 10.9. The van der Waals surface area contributed by atoms with Crippen LogP contribution in [0.15, 0.2) is 0 Å². The van der Waals surface area contributed by atoms with E-state index in [1.807, 2.05) is 0 Å². The molecule has 3 N–H and O–H groups in total. The van der Waals surface area contributed by atoms with Gasteiger partial charge in [-0.2, -0.15) is 8.42 Å². The lowest BCUT2D eigenvalue weighted by atomic mass is 9.83. The third-order valence-electron chi connectivity index (χ3n) is 3.11. The number of hydrogen-bond acceptors (Lipinski definition) is 3. The molecule has 1 rings (SSSR count). The molecule has 84 valence electrons. The van der Waals surface area contributed by atoms with E-state index < -0.39 is 15.5 Å². The van der Waals surface area contributed by atoms with Gasteiger partial charge in [0.15, 0.2) is 0 Å².